The van der Waals surface area contributed by atoms with Gasteiger partial charge in [-0.25, -0.2) is 4.39 Å². The van der Waals surface area contributed by atoms with Crippen molar-refractivity contribution in [3.63, 3.8) is 0 Å². The van der Waals surface area contributed by atoms with Crippen molar-refractivity contribution in [3.8, 4) is 0 Å². The summed E-state index contributed by atoms with van der Waals surface area (Å²) in [7, 11) is 3.29. The molecule has 2 amide bonds. The average Bonchev–Trinajstić information content (AvgIpc) is 2.48. The Hall–Kier alpha value is -1.95. The van der Waals surface area contributed by atoms with E-state index in [0.29, 0.717) is 25.2 Å². The van der Waals surface area contributed by atoms with E-state index < -0.39 is 17.8 Å². The van der Waals surface area contributed by atoms with E-state index >= 15 is 0 Å². The highest BCUT2D eigenvalue weighted by molar-refractivity contribution is 5.98. The molecule has 0 aliphatic carbocycles. The van der Waals surface area contributed by atoms with Crippen LogP contribution in [0.4, 0.5) is 4.39 Å². The second-order valence-electron chi connectivity index (χ2n) is 5.39. The van der Waals surface area contributed by atoms with Gasteiger partial charge in [-0.15, -0.1) is 0 Å². The smallest absolute Gasteiger partial charge is 0.257 e. The molecule has 1 aromatic rings. The number of nitrogens with zero attached hydrogens (tertiary/aromatic N) is 2. The predicted octanol–water partition coefficient (Wildman–Crippen LogP) is 0.636. The van der Waals surface area contributed by atoms with Crippen LogP contribution in [0.15, 0.2) is 18.2 Å². The molecule has 1 aliphatic rings. The maximum atomic E-state index is 14.1. The van der Waals surface area contributed by atoms with Crippen molar-refractivity contribution in [2.75, 3.05) is 33.7 Å². The molecule has 21 heavy (non-hydrogen) atoms. The number of hydrogen-bond donors (Lipinski definition) is 1. The molecule has 0 saturated carbocycles. The summed E-state index contributed by atoms with van der Waals surface area (Å²) in [6.45, 7) is 2.98. The van der Waals surface area contributed by atoms with Gasteiger partial charge in [0.1, 0.15) is 11.9 Å². The summed E-state index contributed by atoms with van der Waals surface area (Å²) in [6.07, 6.45) is 0. The molecule has 1 heterocycles. The quantitative estimate of drug-likeness (QED) is 0.870. The number of hydrogen-bond acceptors (Lipinski definition) is 3. The topological polar surface area (TPSA) is 52.7 Å². The van der Waals surface area contributed by atoms with Crippen LogP contribution in [0.25, 0.3) is 0 Å². The maximum absolute atomic E-state index is 14.1. The van der Waals surface area contributed by atoms with Crippen LogP contribution >= 0.6 is 0 Å². The molecule has 1 fully saturated rings. The number of carbonyl (C=O) groups excluding carboxylic acids is 2. The Morgan fingerprint density at radius 1 is 1.38 bits per heavy atom. The minimum Gasteiger partial charge on any atom is -0.347 e. The number of aryl methyl sites for hydroxylation is 1. The summed E-state index contributed by atoms with van der Waals surface area (Å²) in [5, 5.41) is 3.10. The van der Waals surface area contributed by atoms with Crippen LogP contribution in [-0.4, -0.2) is 61.4 Å². The molecule has 5 nitrogen and oxygen atoms in total. The molecule has 6 heteroatoms. The zero-order valence-corrected chi connectivity index (χ0v) is 12.5. The Labute approximate surface area is 123 Å². The van der Waals surface area contributed by atoms with Crippen LogP contribution in [0, 0.1) is 12.7 Å². The van der Waals surface area contributed by atoms with E-state index in [4.69, 9.17) is 0 Å². The highest BCUT2D eigenvalue weighted by Gasteiger charge is 2.34. The molecule has 1 aliphatic heterocycles. The molecule has 1 N–H and O–H groups in total. The van der Waals surface area contributed by atoms with Crippen LogP contribution in [-0.2, 0) is 4.79 Å². The fraction of sp³-hybridized carbons (Fsp3) is 0.467. The standard InChI is InChI=1S/C15H20FN3O2/c1-10-5-4-6-11(13(10)16)14(20)19-8-7-17-9-12(19)15(21)18(2)3/h4-6,12,17H,7-9H2,1-3H3. The molecular formula is C15H20FN3O2. The van der Waals surface area contributed by atoms with E-state index in [1.807, 2.05) is 0 Å². The van der Waals surface area contributed by atoms with E-state index in [1.165, 1.54) is 15.9 Å². The lowest BCUT2D eigenvalue weighted by Gasteiger charge is -2.36. The Kier molecular flexibility index (Phi) is 4.57. The molecule has 114 valence electrons. The number of piperazine rings is 1. The summed E-state index contributed by atoms with van der Waals surface area (Å²) in [5.74, 6) is -1.11. The summed E-state index contributed by atoms with van der Waals surface area (Å²) in [6, 6.07) is 4.13. The van der Waals surface area contributed by atoms with Gasteiger partial charge in [0, 0.05) is 33.7 Å². The number of rotatable bonds is 2. The number of halogens is 1. The summed E-state index contributed by atoms with van der Waals surface area (Å²) in [4.78, 5) is 27.7. The molecule has 0 spiro atoms. The molecule has 1 aromatic carbocycles. The van der Waals surface area contributed by atoms with Crippen LogP contribution in [0.2, 0.25) is 0 Å². The number of benzene rings is 1. The third-order valence-corrected chi connectivity index (χ3v) is 3.65. The Balaban J connectivity index is 2.31. The van der Waals surface area contributed by atoms with Gasteiger partial charge < -0.3 is 15.1 Å². The molecule has 0 radical (unpaired) electrons. The highest BCUT2D eigenvalue weighted by Crippen LogP contribution is 2.17. The van der Waals surface area contributed by atoms with Crippen molar-refractivity contribution >= 4 is 11.8 Å². The summed E-state index contributed by atoms with van der Waals surface area (Å²) in [5.41, 5.74) is 0.444. The van der Waals surface area contributed by atoms with Crippen LogP contribution in [0.3, 0.4) is 0 Å². The first-order valence-corrected chi connectivity index (χ1v) is 6.91. The third-order valence-electron chi connectivity index (χ3n) is 3.65. The number of carbonyl (C=O) groups is 2. The number of likely N-dealkylation sites (N-methyl/N-ethyl adjacent to an activating group) is 1. The van der Waals surface area contributed by atoms with E-state index in [9.17, 15) is 14.0 Å². The lowest BCUT2D eigenvalue weighted by atomic mass is 10.1. The van der Waals surface area contributed by atoms with Crippen molar-refractivity contribution in [3.05, 3.63) is 35.1 Å². The molecule has 1 unspecified atom stereocenters. The SMILES string of the molecule is Cc1cccc(C(=O)N2CCNCC2C(=O)N(C)C)c1F. The fourth-order valence-electron chi connectivity index (χ4n) is 2.43. The molecule has 1 atom stereocenters. The van der Waals surface area contributed by atoms with Crippen molar-refractivity contribution in [1.82, 2.24) is 15.1 Å². The average molecular weight is 293 g/mol. The van der Waals surface area contributed by atoms with Gasteiger partial charge in [0.15, 0.2) is 0 Å². The van der Waals surface area contributed by atoms with E-state index in [0.717, 1.165) is 0 Å². The van der Waals surface area contributed by atoms with Crippen molar-refractivity contribution in [2.45, 2.75) is 13.0 Å². The first kappa shape index (κ1) is 15.4. The Morgan fingerprint density at radius 2 is 2.10 bits per heavy atom. The molecule has 1 saturated heterocycles. The van der Waals surface area contributed by atoms with Crippen molar-refractivity contribution in [2.24, 2.45) is 0 Å². The van der Waals surface area contributed by atoms with Crippen LogP contribution < -0.4 is 5.32 Å². The van der Waals surface area contributed by atoms with Gasteiger partial charge in [0.2, 0.25) is 5.91 Å². The first-order valence-electron chi connectivity index (χ1n) is 6.91. The van der Waals surface area contributed by atoms with Crippen LogP contribution in [0.5, 0.6) is 0 Å². The minimum atomic E-state index is -0.596. The monoisotopic (exact) mass is 293 g/mol. The second-order valence-corrected chi connectivity index (χ2v) is 5.39. The van der Waals surface area contributed by atoms with E-state index in [-0.39, 0.29) is 11.5 Å². The Morgan fingerprint density at radius 3 is 2.76 bits per heavy atom. The Bertz CT molecular complexity index is 560. The van der Waals surface area contributed by atoms with E-state index in [2.05, 4.69) is 5.32 Å². The highest BCUT2D eigenvalue weighted by atomic mass is 19.1. The minimum absolute atomic E-state index is 0.0217. The van der Waals surface area contributed by atoms with Gasteiger partial charge in [0.25, 0.3) is 5.91 Å². The second kappa shape index (κ2) is 6.22. The van der Waals surface area contributed by atoms with Crippen LogP contribution in [0.1, 0.15) is 15.9 Å². The van der Waals surface area contributed by atoms with E-state index in [1.54, 1.807) is 33.2 Å². The lowest BCUT2D eigenvalue weighted by molar-refractivity contribution is -0.134. The first-order chi connectivity index (χ1) is 9.93. The maximum Gasteiger partial charge on any atom is 0.257 e. The van der Waals surface area contributed by atoms with Crippen molar-refractivity contribution < 1.29 is 14.0 Å². The third kappa shape index (κ3) is 3.05. The molecule has 0 bridgehead atoms. The van der Waals surface area contributed by atoms with Gasteiger partial charge in [-0.05, 0) is 18.6 Å². The van der Waals surface area contributed by atoms with Gasteiger partial charge in [-0.1, -0.05) is 12.1 Å². The summed E-state index contributed by atoms with van der Waals surface area (Å²) < 4.78 is 14.1. The zero-order valence-electron chi connectivity index (χ0n) is 12.5. The lowest BCUT2D eigenvalue weighted by Crippen LogP contribution is -2.59. The number of nitrogens with one attached hydrogen (secondary N) is 1. The molecule has 2 rings (SSSR count). The van der Waals surface area contributed by atoms with Crippen molar-refractivity contribution in [1.29, 1.82) is 0 Å². The van der Waals surface area contributed by atoms with Gasteiger partial charge >= 0.3 is 0 Å². The fourth-order valence-corrected chi connectivity index (χ4v) is 2.43. The van der Waals surface area contributed by atoms with Gasteiger partial charge in [-0.3, -0.25) is 9.59 Å². The zero-order chi connectivity index (χ0) is 15.6. The largest absolute Gasteiger partial charge is 0.347 e. The normalized spacial score (nSPS) is 18.5. The molecule has 0 aromatic heterocycles. The van der Waals surface area contributed by atoms with Gasteiger partial charge in [-0.2, -0.15) is 0 Å². The predicted molar refractivity (Wildman–Crippen MR) is 77.5 cm³/mol. The summed E-state index contributed by atoms with van der Waals surface area (Å²) >= 11 is 0. The molecular weight excluding hydrogens is 273 g/mol. The van der Waals surface area contributed by atoms with Gasteiger partial charge in [0.05, 0.1) is 5.56 Å². The number of amides is 2.